The zero-order chi connectivity index (χ0) is 24.5. The van der Waals surface area contributed by atoms with Crippen LogP contribution in [0.25, 0.3) is 0 Å². The van der Waals surface area contributed by atoms with Gasteiger partial charge in [0.05, 0.1) is 0 Å². The van der Waals surface area contributed by atoms with Crippen molar-refractivity contribution in [3.05, 3.63) is 29.8 Å². The molecular weight excluding hydrogens is 426 g/mol. The van der Waals surface area contributed by atoms with E-state index in [9.17, 15) is 19.2 Å². The van der Waals surface area contributed by atoms with Crippen LogP contribution in [0.15, 0.2) is 24.3 Å². The van der Waals surface area contributed by atoms with Crippen LogP contribution < -0.4 is 16.5 Å². The van der Waals surface area contributed by atoms with Crippen molar-refractivity contribution < 1.29 is 29.1 Å². The van der Waals surface area contributed by atoms with Crippen LogP contribution in [-0.2, 0) is 30.3 Å². The fraction of sp³-hybridized carbons (Fsp3) is 0.583. The quantitative estimate of drug-likeness (QED) is 0.162. The summed E-state index contributed by atoms with van der Waals surface area (Å²) in [5.41, 5.74) is 7.86. The van der Waals surface area contributed by atoms with Crippen molar-refractivity contribution in [2.75, 3.05) is 5.32 Å². The highest BCUT2D eigenvalue weighted by Crippen LogP contribution is 2.21. The topological polar surface area (TPSA) is 148 Å². The number of nitrogens with one attached hydrogen (secondary N) is 2. The molecule has 1 aliphatic carbocycles. The highest BCUT2D eigenvalue weighted by Gasteiger charge is 2.18. The van der Waals surface area contributed by atoms with Gasteiger partial charge in [0.1, 0.15) is 6.10 Å². The van der Waals surface area contributed by atoms with E-state index in [0.717, 1.165) is 56.2 Å². The van der Waals surface area contributed by atoms with Gasteiger partial charge in [-0.1, -0.05) is 25.0 Å². The van der Waals surface area contributed by atoms with Crippen LogP contribution in [0.4, 0.5) is 5.69 Å². The van der Waals surface area contributed by atoms with Gasteiger partial charge in [-0.15, -0.1) is 0 Å². The van der Waals surface area contributed by atoms with Gasteiger partial charge in [0.2, 0.25) is 17.7 Å². The minimum atomic E-state index is -0.378. The summed E-state index contributed by atoms with van der Waals surface area (Å²) in [6.45, 7) is 1.31. The molecule has 184 valence electrons. The second kappa shape index (κ2) is 16.7. The number of benzene rings is 1. The Kier molecular flexibility index (Phi) is 14.2. The first-order valence-corrected chi connectivity index (χ1v) is 11.6. The lowest BCUT2D eigenvalue weighted by Crippen LogP contribution is -2.17. The smallest absolute Gasteiger partial charge is 0.306 e. The van der Waals surface area contributed by atoms with Crippen LogP contribution in [0, 0.1) is 0 Å². The molecule has 2 rings (SSSR count). The van der Waals surface area contributed by atoms with E-state index in [1.54, 1.807) is 5.48 Å². The molecule has 9 nitrogen and oxygen atoms in total. The molecule has 0 radical (unpaired) electrons. The number of carbonyl (C=O) groups excluding carboxylic acids is 4. The van der Waals surface area contributed by atoms with Crippen LogP contribution >= 0.6 is 0 Å². The van der Waals surface area contributed by atoms with Gasteiger partial charge in [-0.05, 0) is 62.6 Å². The van der Waals surface area contributed by atoms with Crippen molar-refractivity contribution in [1.29, 1.82) is 0 Å². The molecule has 0 unspecified atom stereocenters. The lowest BCUT2D eigenvalue weighted by Gasteiger charge is -2.11. The largest absolute Gasteiger partial charge is 0.462 e. The van der Waals surface area contributed by atoms with Gasteiger partial charge in [-0.3, -0.25) is 24.4 Å². The zero-order valence-corrected chi connectivity index (χ0v) is 19.4. The minimum absolute atomic E-state index is 0.0361. The summed E-state index contributed by atoms with van der Waals surface area (Å²) in [5.74, 6) is -0.880. The lowest BCUT2D eigenvalue weighted by atomic mass is 10.1. The number of hydroxylamine groups is 1. The van der Waals surface area contributed by atoms with Crippen molar-refractivity contribution in [1.82, 2.24) is 5.48 Å². The second-order valence-corrected chi connectivity index (χ2v) is 8.20. The first kappa shape index (κ1) is 28.1. The van der Waals surface area contributed by atoms with Crippen molar-refractivity contribution in [3.8, 4) is 0 Å². The van der Waals surface area contributed by atoms with Gasteiger partial charge in [-0.2, -0.15) is 0 Å². The molecule has 1 aromatic carbocycles. The van der Waals surface area contributed by atoms with Gasteiger partial charge in [-0.25, -0.2) is 5.48 Å². The van der Waals surface area contributed by atoms with E-state index in [2.05, 4.69) is 11.1 Å². The zero-order valence-electron chi connectivity index (χ0n) is 19.4. The van der Waals surface area contributed by atoms with Gasteiger partial charge in [0, 0.05) is 31.9 Å². The molecule has 1 aromatic rings. The van der Waals surface area contributed by atoms with Crippen molar-refractivity contribution in [2.45, 2.75) is 90.1 Å². The minimum Gasteiger partial charge on any atom is -0.462 e. The molecule has 33 heavy (non-hydrogen) atoms. The summed E-state index contributed by atoms with van der Waals surface area (Å²) >= 11 is 0. The van der Waals surface area contributed by atoms with Gasteiger partial charge >= 0.3 is 5.97 Å². The monoisotopic (exact) mass is 463 g/mol. The normalized spacial score (nSPS) is 12.9. The maximum absolute atomic E-state index is 12.0. The van der Waals surface area contributed by atoms with E-state index in [4.69, 9.17) is 9.94 Å². The maximum Gasteiger partial charge on any atom is 0.306 e. The Balaban J connectivity index is 0.00000125. The predicted molar refractivity (Wildman–Crippen MR) is 124 cm³/mol. The molecule has 0 aromatic heterocycles. The number of anilines is 1. The Morgan fingerprint density at radius 3 is 2.03 bits per heavy atom. The number of ether oxygens (including phenoxy) is 1. The van der Waals surface area contributed by atoms with E-state index in [1.807, 2.05) is 24.3 Å². The van der Waals surface area contributed by atoms with E-state index in [-0.39, 0.29) is 29.8 Å². The molecule has 1 saturated carbocycles. The first-order chi connectivity index (χ1) is 15.8. The Labute approximate surface area is 195 Å². The van der Waals surface area contributed by atoms with Crippen molar-refractivity contribution in [2.24, 2.45) is 5.73 Å². The molecule has 0 aliphatic heterocycles. The molecule has 0 spiro atoms. The van der Waals surface area contributed by atoms with Gasteiger partial charge < -0.3 is 15.8 Å². The molecule has 0 atom stereocenters. The summed E-state index contributed by atoms with van der Waals surface area (Å²) in [7, 11) is 0. The van der Waals surface area contributed by atoms with E-state index in [1.165, 1.54) is 6.92 Å². The molecule has 0 bridgehead atoms. The molecule has 9 heteroatoms. The Hall–Kier alpha value is -2.94. The number of hydrogen-bond donors (Lipinski definition) is 4. The van der Waals surface area contributed by atoms with Crippen LogP contribution in [0.2, 0.25) is 0 Å². The highest BCUT2D eigenvalue weighted by molar-refractivity contribution is 5.90. The third-order valence-corrected chi connectivity index (χ3v) is 5.14. The van der Waals surface area contributed by atoms with Gasteiger partial charge in [0.15, 0.2) is 0 Å². The van der Waals surface area contributed by atoms with Gasteiger partial charge in [0.25, 0.3) is 0 Å². The van der Waals surface area contributed by atoms with Crippen LogP contribution in [0.1, 0.15) is 83.1 Å². The molecule has 0 heterocycles. The van der Waals surface area contributed by atoms with Crippen LogP contribution in [0.5, 0.6) is 0 Å². The van der Waals surface area contributed by atoms with E-state index < -0.39 is 0 Å². The molecule has 1 aliphatic rings. The molecule has 3 amide bonds. The van der Waals surface area contributed by atoms with Crippen LogP contribution in [0.3, 0.4) is 0 Å². The van der Waals surface area contributed by atoms with Crippen molar-refractivity contribution >= 4 is 29.4 Å². The van der Waals surface area contributed by atoms with E-state index in [0.29, 0.717) is 32.1 Å². The maximum atomic E-state index is 12.0. The molecule has 1 fully saturated rings. The average molecular weight is 464 g/mol. The molecule has 0 saturated heterocycles. The third kappa shape index (κ3) is 14.7. The Morgan fingerprint density at radius 2 is 1.48 bits per heavy atom. The summed E-state index contributed by atoms with van der Waals surface area (Å²) in [6, 6.07) is 7.54. The SMILES string of the molecule is CC(N)=O.O=C(CCCCCCC(=O)Nc1ccc(CCC(=O)OC2CCCC2)cc1)NO. The average Bonchev–Trinajstić information content (AvgIpc) is 3.28. The highest BCUT2D eigenvalue weighted by atomic mass is 16.5. The number of unbranched alkanes of at least 4 members (excludes halogenated alkanes) is 3. The summed E-state index contributed by atoms with van der Waals surface area (Å²) < 4.78 is 5.46. The fourth-order valence-corrected chi connectivity index (χ4v) is 3.46. The number of carbonyl (C=O) groups is 4. The number of primary amides is 1. The van der Waals surface area contributed by atoms with E-state index >= 15 is 0 Å². The number of hydrogen-bond acceptors (Lipinski definition) is 6. The number of esters is 1. The number of nitrogens with two attached hydrogens (primary N) is 1. The molecule has 5 N–H and O–H groups in total. The lowest BCUT2D eigenvalue weighted by molar-refractivity contribution is -0.148. The Morgan fingerprint density at radius 1 is 0.939 bits per heavy atom. The third-order valence-electron chi connectivity index (χ3n) is 5.14. The standard InChI is InChI=1S/C22H32N2O5.C2H5NO/c25-20(9-3-1-2-4-10-21(26)24-28)23-18-14-11-17(12-15-18)13-16-22(27)29-19-7-5-6-8-19;1-2(3)4/h11-12,14-15,19,28H,1-10,13,16H2,(H,23,25)(H,24,26);1H3,(H2,3,4). The predicted octanol–water partition coefficient (Wildman–Crippen LogP) is 3.38. The summed E-state index contributed by atoms with van der Waals surface area (Å²) in [5, 5.41) is 11.3. The fourth-order valence-electron chi connectivity index (χ4n) is 3.46. The summed E-state index contributed by atoms with van der Waals surface area (Å²) in [6.07, 6.45) is 9.29. The molecular formula is C24H37N3O6. The number of rotatable bonds is 12. The summed E-state index contributed by atoms with van der Waals surface area (Å²) in [4.78, 5) is 44.0. The van der Waals surface area contributed by atoms with Crippen LogP contribution in [-0.4, -0.2) is 35.0 Å². The number of aryl methyl sites for hydroxylation is 1. The second-order valence-electron chi connectivity index (χ2n) is 8.20. The first-order valence-electron chi connectivity index (χ1n) is 11.6. The number of amides is 3. The van der Waals surface area contributed by atoms with Crippen molar-refractivity contribution in [3.63, 3.8) is 0 Å². The Bertz CT molecular complexity index is 741.